The molecule has 138 valence electrons. The lowest BCUT2D eigenvalue weighted by molar-refractivity contribution is 0.0953. The van der Waals surface area contributed by atoms with Crippen LogP contribution in [0.1, 0.15) is 34.0 Å². The molecule has 0 fully saturated rings. The van der Waals surface area contributed by atoms with Crippen LogP contribution in [0.15, 0.2) is 65.7 Å². The van der Waals surface area contributed by atoms with Crippen molar-refractivity contribution in [1.82, 2.24) is 19.5 Å². The molecule has 1 atom stereocenters. The zero-order chi connectivity index (χ0) is 18.8. The van der Waals surface area contributed by atoms with Gasteiger partial charge >= 0.3 is 0 Å². The van der Waals surface area contributed by atoms with Crippen molar-refractivity contribution < 1.29 is 13.6 Å². The monoisotopic (exact) mass is 366 g/mol. The molecule has 0 radical (unpaired) electrons. The molecular weight excluding hydrogens is 347 g/mol. The van der Waals surface area contributed by atoms with E-state index in [1.54, 1.807) is 35.3 Å². The van der Waals surface area contributed by atoms with Crippen LogP contribution in [0.25, 0.3) is 5.65 Å². The number of hydrogen-bond donors (Lipinski definition) is 1. The second kappa shape index (κ2) is 7.11. The standard InChI is InChI=1S/C20H19FN4O2/c1-24-10-11-25-20(24)17(13-23-25)19(26)22-9-8-16(18-3-2-12-27-18)14-4-6-15(21)7-5-14/h2-7,10-13,16H,8-9H2,1H3,(H,22,26)/t16-/m1/s1. The minimum atomic E-state index is -0.280. The summed E-state index contributed by atoms with van der Waals surface area (Å²) in [5.74, 6) is 0.261. The van der Waals surface area contributed by atoms with Crippen molar-refractivity contribution >= 4 is 11.6 Å². The van der Waals surface area contributed by atoms with Crippen LogP contribution >= 0.6 is 0 Å². The van der Waals surface area contributed by atoms with Gasteiger partial charge in [0.15, 0.2) is 0 Å². The summed E-state index contributed by atoms with van der Waals surface area (Å²) in [5, 5.41) is 7.13. The zero-order valence-electron chi connectivity index (χ0n) is 14.8. The van der Waals surface area contributed by atoms with Gasteiger partial charge in [-0.1, -0.05) is 12.1 Å². The first-order chi connectivity index (χ1) is 13.1. The second-order valence-electron chi connectivity index (χ2n) is 6.40. The van der Waals surface area contributed by atoms with Crippen molar-refractivity contribution in [2.75, 3.05) is 6.54 Å². The van der Waals surface area contributed by atoms with Crippen molar-refractivity contribution in [2.24, 2.45) is 7.05 Å². The van der Waals surface area contributed by atoms with E-state index < -0.39 is 0 Å². The van der Waals surface area contributed by atoms with E-state index in [2.05, 4.69) is 10.4 Å². The third-order valence-corrected chi connectivity index (χ3v) is 4.66. The Morgan fingerprint density at radius 2 is 2.07 bits per heavy atom. The lowest BCUT2D eigenvalue weighted by Crippen LogP contribution is -2.26. The fraction of sp³-hybridized carbons (Fsp3) is 0.200. The highest BCUT2D eigenvalue weighted by atomic mass is 19.1. The van der Waals surface area contributed by atoms with Gasteiger partial charge in [-0.25, -0.2) is 8.91 Å². The van der Waals surface area contributed by atoms with E-state index in [0.29, 0.717) is 18.5 Å². The van der Waals surface area contributed by atoms with Crippen LogP contribution in [0.5, 0.6) is 0 Å². The first-order valence-electron chi connectivity index (χ1n) is 8.69. The molecule has 0 bridgehead atoms. The lowest BCUT2D eigenvalue weighted by Gasteiger charge is -2.15. The van der Waals surface area contributed by atoms with Gasteiger partial charge in [0.05, 0.1) is 12.5 Å². The maximum absolute atomic E-state index is 13.3. The molecule has 0 saturated heterocycles. The predicted octanol–water partition coefficient (Wildman–Crippen LogP) is 3.36. The molecule has 0 saturated carbocycles. The van der Waals surface area contributed by atoms with Gasteiger partial charge in [0.1, 0.15) is 22.8 Å². The summed E-state index contributed by atoms with van der Waals surface area (Å²) in [7, 11) is 1.87. The third kappa shape index (κ3) is 3.36. The Labute approximate surface area is 155 Å². The highest BCUT2D eigenvalue weighted by Crippen LogP contribution is 2.28. The predicted molar refractivity (Wildman–Crippen MR) is 98.1 cm³/mol. The molecule has 1 aromatic carbocycles. The van der Waals surface area contributed by atoms with Gasteiger partial charge in [-0.2, -0.15) is 5.10 Å². The molecule has 0 aliphatic carbocycles. The SMILES string of the molecule is Cn1ccn2ncc(C(=O)NCC[C@H](c3ccc(F)cc3)c3ccco3)c12. The highest BCUT2D eigenvalue weighted by molar-refractivity contribution is 5.99. The molecule has 6 nitrogen and oxygen atoms in total. The number of nitrogens with zero attached hydrogens (tertiary/aromatic N) is 3. The third-order valence-electron chi connectivity index (χ3n) is 4.66. The molecule has 3 heterocycles. The number of imidazole rings is 1. The topological polar surface area (TPSA) is 64.5 Å². The number of aromatic nitrogens is 3. The second-order valence-corrected chi connectivity index (χ2v) is 6.40. The van der Waals surface area contributed by atoms with E-state index >= 15 is 0 Å². The van der Waals surface area contributed by atoms with Crippen molar-refractivity contribution in [1.29, 1.82) is 0 Å². The molecule has 1 N–H and O–H groups in total. The summed E-state index contributed by atoms with van der Waals surface area (Å²) in [6, 6.07) is 10.1. The minimum absolute atomic E-state index is 0.0666. The molecule has 7 heteroatoms. The van der Waals surface area contributed by atoms with Crippen molar-refractivity contribution in [3.05, 3.63) is 84.0 Å². The van der Waals surface area contributed by atoms with Crippen LogP contribution < -0.4 is 5.32 Å². The summed E-state index contributed by atoms with van der Waals surface area (Å²) in [6.45, 7) is 0.448. The highest BCUT2D eigenvalue weighted by Gasteiger charge is 2.19. The van der Waals surface area contributed by atoms with Crippen molar-refractivity contribution in [3.8, 4) is 0 Å². The maximum atomic E-state index is 13.3. The van der Waals surface area contributed by atoms with Crippen molar-refractivity contribution in [3.63, 3.8) is 0 Å². The summed E-state index contributed by atoms with van der Waals surface area (Å²) < 4.78 is 22.3. The van der Waals surface area contributed by atoms with Crippen LogP contribution in [0.2, 0.25) is 0 Å². The van der Waals surface area contributed by atoms with E-state index in [0.717, 1.165) is 17.0 Å². The first kappa shape index (κ1) is 17.1. The lowest BCUT2D eigenvalue weighted by atomic mass is 9.93. The number of carbonyl (C=O) groups is 1. The van der Waals surface area contributed by atoms with Gasteiger partial charge in [0, 0.05) is 31.9 Å². The molecule has 4 rings (SSSR count). The molecule has 3 aromatic heterocycles. The van der Waals surface area contributed by atoms with Gasteiger partial charge in [-0.15, -0.1) is 0 Å². The Morgan fingerprint density at radius 1 is 1.26 bits per heavy atom. The van der Waals surface area contributed by atoms with E-state index in [-0.39, 0.29) is 17.6 Å². The van der Waals surface area contributed by atoms with E-state index in [1.165, 1.54) is 12.1 Å². The fourth-order valence-corrected chi connectivity index (χ4v) is 3.29. The molecule has 0 spiro atoms. The summed E-state index contributed by atoms with van der Waals surface area (Å²) in [5.41, 5.74) is 2.21. The van der Waals surface area contributed by atoms with Crippen molar-refractivity contribution in [2.45, 2.75) is 12.3 Å². The largest absolute Gasteiger partial charge is 0.469 e. The Hall–Kier alpha value is -3.35. The number of hydrogen-bond acceptors (Lipinski definition) is 3. The number of aryl methyl sites for hydroxylation is 1. The number of furan rings is 1. The van der Waals surface area contributed by atoms with E-state index in [4.69, 9.17) is 4.42 Å². The molecular formula is C20H19FN4O2. The number of benzene rings is 1. The fourth-order valence-electron chi connectivity index (χ4n) is 3.29. The van der Waals surface area contributed by atoms with Crippen LogP contribution in [-0.4, -0.2) is 26.6 Å². The summed E-state index contributed by atoms with van der Waals surface area (Å²) in [4.78, 5) is 12.6. The average molecular weight is 366 g/mol. The van der Waals surface area contributed by atoms with Gasteiger partial charge in [0.2, 0.25) is 0 Å². The van der Waals surface area contributed by atoms with E-state index in [1.807, 2.05) is 29.9 Å². The van der Waals surface area contributed by atoms with Gasteiger partial charge in [0.25, 0.3) is 5.91 Å². The minimum Gasteiger partial charge on any atom is -0.469 e. The van der Waals surface area contributed by atoms with Crippen LogP contribution in [0, 0.1) is 5.82 Å². The molecule has 0 aliphatic rings. The Morgan fingerprint density at radius 3 is 2.81 bits per heavy atom. The van der Waals surface area contributed by atoms with Crippen LogP contribution in [0.4, 0.5) is 4.39 Å². The smallest absolute Gasteiger partial charge is 0.256 e. The van der Waals surface area contributed by atoms with Gasteiger partial charge in [-0.3, -0.25) is 4.79 Å². The maximum Gasteiger partial charge on any atom is 0.256 e. The number of fused-ring (bicyclic) bond motifs is 1. The number of halogens is 1. The Balaban J connectivity index is 1.47. The Kier molecular flexibility index (Phi) is 4.50. The van der Waals surface area contributed by atoms with Crippen LogP contribution in [-0.2, 0) is 7.05 Å². The quantitative estimate of drug-likeness (QED) is 0.569. The first-order valence-corrected chi connectivity index (χ1v) is 8.69. The normalized spacial score (nSPS) is 12.4. The summed E-state index contributed by atoms with van der Waals surface area (Å²) in [6.07, 6.45) is 7.45. The number of nitrogens with one attached hydrogen (secondary N) is 1. The average Bonchev–Trinajstić information content (AvgIpc) is 3.39. The Bertz CT molecular complexity index is 1050. The molecule has 0 unspecified atom stereocenters. The number of rotatable bonds is 6. The number of carbonyl (C=O) groups excluding carboxylic acids is 1. The van der Waals surface area contributed by atoms with Crippen LogP contribution in [0.3, 0.4) is 0 Å². The van der Waals surface area contributed by atoms with Gasteiger partial charge in [-0.05, 0) is 36.2 Å². The van der Waals surface area contributed by atoms with E-state index in [9.17, 15) is 9.18 Å². The molecule has 0 aliphatic heterocycles. The zero-order valence-corrected chi connectivity index (χ0v) is 14.8. The number of amides is 1. The summed E-state index contributed by atoms with van der Waals surface area (Å²) >= 11 is 0. The molecule has 4 aromatic rings. The van der Waals surface area contributed by atoms with Gasteiger partial charge < -0.3 is 14.3 Å². The molecule has 27 heavy (non-hydrogen) atoms. The molecule has 1 amide bonds.